The SMILES string of the molecule is O=C(NCCOC1CCCCC1)c1cncc(Br)c1. The zero-order valence-electron chi connectivity index (χ0n) is 10.9. The van der Waals surface area contributed by atoms with Crippen LogP contribution in [0.5, 0.6) is 0 Å². The lowest BCUT2D eigenvalue weighted by Gasteiger charge is -2.21. The van der Waals surface area contributed by atoms with Crippen LogP contribution in [-0.2, 0) is 4.74 Å². The molecule has 0 saturated heterocycles. The number of nitrogens with zero attached hydrogens (tertiary/aromatic N) is 1. The van der Waals surface area contributed by atoms with Gasteiger partial charge in [0.15, 0.2) is 0 Å². The molecular formula is C14H19BrN2O2. The van der Waals surface area contributed by atoms with Gasteiger partial charge in [-0.3, -0.25) is 9.78 Å². The van der Waals surface area contributed by atoms with Crippen molar-refractivity contribution >= 4 is 21.8 Å². The minimum atomic E-state index is -0.110. The molecule has 5 heteroatoms. The molecule has 0 spiro atoms. The molecule has 1 heterocycles. The first-order chi connectivity index (χ1) is 9.25. The van der Waals surface area contributed by atoms with Crippen LogP contribution in [0.2, 0.25) is 0 Å². The monoisotopic (exact) mass is 326 g/mol. The van der Waals surface area contributed by atoms with Gasteiger partial charge in [-0.25, -0.2) is 0 Å². The molecule has 1 aliphatic carbocycles. The molecule has 0 aliphatic heterocycles. The second-order valence-electron chi connectivity index (χ2n) is 4.78. The van der Waals surface area contributed by atoms with Crippen molar-refractivity contribution in [1.82, 2.24) is 10.3 Å². The first kappa shape index (κ1) is 14.5. The summed E-state index contributed by atoms with van der Waals surface area (Å²) < 4.78 is 6.56. The predicted octanol–water partition coefficient (Wildman–Crippen LogP) is 2.92. The molecule has 2 rings (SSSR count). The largest absolute Gasteiger partial charge is 0.376 e. The summed E-state index contributed by atoms with van der Waals surface area (Å²) >= 11 is 3.30. The van der Waals surface area contributed by atoms with Crippen LogP contribution >= 0.6 is 15.9 Å². The zero-order chi connectivity index (χ0) is 13.5. The van der Waals surface area contributed by atoms with E-state index in [0.717, 1.165) is 17.3 Å². The number of hydrogen-bond donors (Lipinski definition) is 1. The standard InChI is InChI=1S/C14H19BrN2O2/c15-12-8-11(9-16-10-12)14(18)17-6-7-19-13-4-2-1-3-5-13/h8-10,13H,1-7H2,(H,17,18). The number of amides is 1. The molecular weight excluding hydrogens is 308 g/mol. The Hall–Kier alpha value is -0.940. The normalized spacial score (nSPS) is 16.3. The van der Waals surface area contributed by atoms with Gasteiger partial charge in [-0.1, -0.05) is 19.3 Å². The molecule has 1 aromatic rings. The van der Waals surface area contributed by atoms with Crippen molar-refractivity contribution in [1.29, 1.82) is 0 Å². The highest BCUT2D eigenvalue weighted by Crippen LogP contribution is 2.19. The Bertz CT molecular complexity index is 420. The minimum Gasteiger partial charge on any atom is -0.376 e. The Morgan fingerprint density at radius 3 is 2.89 bits per heavy atom. The zero-order valence-corrected chi connectivity index (χ0v) is 12.5. The molecule has 0 bridgehead atoms. The van der Waals surface area contributed by atoms with Gasteiger partial charge in [0.2, 0.25) is 0 Å². The van der Waals surface area contributed by atoms with Gasteiger partial charge in [-0.15, -0.1) is 0 Å². The average Bonchev–Trinajstić information content (AvgIpc) is 2.44. The summed E-state index contributed by atoms with van der Waals surface area (Å²) in [6.07, 6.45) is 9.77. The molecule has 0 radical (unpaired) electrons. The molecule has 19 heavy (non-hydrogen) atoms. The smallest absolute Gasteiger partial charge is 0.252 e. The maximum absolute atomic E-state index is 11.8. The van der Waals surface area contributed by atoms with Crippen LogP contribution < -0.4 is 5.32 Å². The molecule has 1 N–H and O–H groups in total. The number of halogens is 1. The molecule has 4 nitrogen and oxygen atoms in total. The first-order valence-electron chi connectivity index (χ1n) is 6.76. The Morgan fingerprint density at radius 1 is 1.37 bits per heavy atom. The molecule has 0 atom stereocenters. The summed E-state index contributed by atoms with van der Waals surface area (Å²) in [5, 5.41) is 2.84. The van der Waals surface area contributed by atoms with Crippen molar-refractivity contribution in [2.75, 3.05) is 13.2 Å². The quantitative estimate of drug-likeness (QED) is 0.846. The molecule has 104 valence electrons. The second kappa shape index (κ2) is 7.60. The van der Waals surface area contributed by atoms with Gasteiger partial charge < -0.3 is 10.1 Å². The molecule has 0 aromatic carbocycles. The summed E-state index contributed by atoms with van der Waals surface area (Å²) in [5.74, 6) is -0.110. The van der Waals surface area contributed by atoms with Crippen LogP contribution in [0.1, 0.15) is 42.5 Å². The van der Waals surface area contributed by atoms with E-state index in [4.69, 9.17) is 4.74 Å². The number of pyridine rings is 1. The van der Waals surface area contributed by atoms with E-state index in [9.17, 15) is 4.79 Å². The van der Waals surface area contributed by atoms with Gasteiger partial charge in [0.1, 0.15) is 0 Å². The predicted molar refractivity (Wildman–Crippen MR) is 77.1 cm³/mol. The number of ether oxygens (including phenoxy) is 1. The van der Waals surface area contributed by atoms with Gasteiger partial charge in [-0.2, -0.15) is 0 Å². The molecule has 1 amide bonds. The fraction of sp³-hybridized carbons (Fsp3) is 0.571. The number of hydrogen-bond acceptors (Lipinski definition) is 3. The van der Waals surface area contributed by atoms with E-state index in [1.54, 1.807) is 18.5 Å². The van der Waals surface area contributed by atoms with E-state index < -0.39 is 0 Å². The highest BCUT2D eigenvalue weighted by atomic mass is 79.9. The number of carbonyl (C=O) groups excluding carboxylic acids is 1. The van der Waals surface area contributed by atoms with Crippen molar-refractivity contribution in [2.24, 2.45) is 0 Å². The van der Waals surface area contributed by atoms with Gasteiger partial charge in [0.25, 0.3) is 5.91 Å². The van der Waals surface area contributed by atoms with Gasteiger partial charge in [-0.05, 0) is 34.8 Å². The van der Waals surface area contributed by atoms with Crippen LogP contribution in [0, 0.1) is 0 Å². The summed E-state index contributed by atoms with van der Waals surface area (Å²) in [6, 6.07) is 1.75. The average molecular weight is 327 g/mol. The molecule has 1 fully saturated rings. The molecule has 1 aliphatic rings. The van der Waals surface area contributed by atoms with E-state index in [1.165, 1.54) is 19.3 Å². The van der Waals surface area contributed by atoms with Gasteiger partial charge in [0.05, 0.1) is 18.3 Å². The van der Waals surface area contributed by atoms with Crippen LogP contribution in [0.4, 0.5) is 0 Å². The van der Waals surface area contributed by atoms with E-state index in [0.29, 0.717) is 24.8 Å². The lowest BCUT2D eigenvalue weighted by atomic mass is 9.98. The Labute approximate surface area is 122 Å². The van der Waals surface area contributed by atoms with E-state index in [1.807, 2.05) is 0 Å². The third kappa shape index (κ3) is 4.91. The maximum atomic E-state index is 11.8. The summed E-state index contributed by atoms with van der Waals surface area (Å²) in [7, 11) is 0. The summed E-state index contributed by atoms with van der Waals surface area (Å²) in [5.41, 5.74) is 0.562. The number of nitrogens with one attached hydrogen (secondary N) is 1. The highest BCUT2D eigenvalue weighted by Gasteiger charge is 2.13. The Kier molecular flexibility index (Phi) is 5.79. The highest BCUT2D eigenvalue weighted by molar-refractivity contribution is 9.10. The third-order valence-electron chi connectivity index (χ3n) is 3.26. The fourth-order valence-corrected chi connectivity index (χ4v) is 2.62. The topological polar surface area (TPSA) is 51.2 Å². The molecule has 0 unspecified atom stereocenters. The Balaban J connectivity index is 1.66. The number of carbonyl (C=O) groups is 1. The van der Waals surface area contributed by atoms with Crippen LogP contribution in [0.15, 0.2) is 22.9 Å². The number of rotatable bonds is 5. The maximum Gasteiger partial charge on any atom is 0.252 e. The van der Waals surface area contributed by atoms with Crippen molar-refractivity contribution in [2.45, 2.75) is 38.2 Å². The van der Waals surface area contributed by atoms with Crippen LogP contribution in [0.25, 0.3) is 0 Å². The fourth-order valence-electron chi connectivity index (χ4n) is 2.26. The van der Waals surface area contributed by atoms with Gasteiger partial charge in [0, 0.05) is 23.4 Å². The van der Waals surface area contributed by atoms with E-state index in [-0.39, 0.29) is 5.91 Å². The number of aromatic nitrogens is 1. The second-order valence-corrected chi connectivity index (χ2v) is 5.69. The van der Waals surface area contributed by atoms with Crippen molar-refractivity contribution in [3.8, 4) is 0 Å². The summed E-state index contributed by atoms with van der Waals surface area (Å²) in [4.78, 5) is 15.8. The van der Waals surface area contributed by atoms with E-state index >= 15 is 0 Å². The molecule has 1 aromatic heterocycles. The van der Waals surface area contributed by atoms with Crippen LogP contribution in [0.3, 0.4) is 0 Å². The van der Waals surface area contributed by atoms with Crippen molar-refractivity contribution in [3.63, 3.8) is 0 Å². The third-order valence-corrected chi connectivity index (χ3v) is 3.69. The summed E-state index contributed by atoms with van der Waals surface area (Å²) in [6.45, 7) is 1.12. The van der Waals surface area contributed by atoms with Crippen molar-refractivity contribution in [3.05, 3.63) is 28.5 Å². The van der Waals surface area contributed by atoms with Crippen LogP contribution in [-0.4, -0.2) is 30.1 Å². The molecule has 1 saturated carbocycles. The van der Waals surface area contributed by atoms with Crippen molar-refractivity contribution < 1.29 is 9.53 Å². The first-order valence-corrected chi connectivity index (χ1v) is 7.55. The lowest BCUT2D eigenvalue weighted by molar-refractivity contribution is 0.0299. The van der Waals surface area contributed by atoms with E-state index in [2.05, 4.69) is 26.2 Å². The lowest BCUT2D eigenvalue weighted by Crippen LogP contribution is -2.29. The Morgan fingerprint density at radius 2 is 2.16 bits per heavy atom. The van der Waals surface area contributed by atoms with Gasteiger partial charge >= 0.3 is 0 Å². The minimum absolute atomic E-state index is 0.110.